The third-order valence-corrected chi connectivity index (χ3v) is 5.54. The normalized spacial score (nSPS) is 22.0. The summed E-state index contributed by atoms with van der Waals surface area (Å²) < 4.78 is 0. The molecule has 0 bridgehead atoms. The highest BCUT2D eigenvalue weighted by atomic mass is 15.3. The summed E-state index contributed by atoms with van der Waals surface area (Å²) in [7, 11) is 4.25. The van der Waals surface area contributed by atoms with E-state index in [1.54, 1.807) is 0 Å². The first-order chi connectivity index (χ1) is 11.2. The van der Waals surface area contributed by atoms with Gasteiger partial charge in [0.25, 0.3) is 0 Å². The summed E-state index contributed by atoms with van der Waals surface area (Å²) in [6.07, 6.45) is 2.47. The zero-order chi connectivity index (χ0) is 16.0. The van der Waals surface area contributed by atoms with Gasteiger partial charge in [-0.25, -0.2) is 0 Å². The molecule has 0 saturated heterocycles. The van der Waals surface area contributed by atoms with Gasteiger partial charge in [0.05, 0.1) is 0 Å². The maximum atomic E-state index is 6.21. The predicted octanol–water partition coefficient (Wildman–Crippen LogP) is 3.26. The summed E-state index contributed by atoms with van der Waals surface area (Å²) in [5.74, 6) is 0. The van der Waals surface area contributed by atoms with Crippen LogP contribution in [0.5, 0.6) is 0 Å². The van der Waals surface area contributed by atoms with E-state index in [9.17, 15) is 0 Å². The molecule has 3 heteroatoms. The molecule has 1 unspecified atom stereocenters. The summed E-state index contributed by atoms with van der Waals surface area (Å²) in [6.45, 7) is 1.68. The van der Waals surface area contributed by atoms with Crippen molar-refractivity contribution in [2.45, 2.75) is 31.0 Å². The van der Waals surface area contributed by atoms with Crippen LogP contribution in [0.2, 0.25) is 0 Å². The van der Waals surface area contributed by atoms with Gasteiger partial charge < -0.3 is 10.6 Å². The largest absolute Gasteiger partial charge is 0.377 e. The number of hydrogen-bond donors (Lipinski definition) is 1. The van der Waals surface area contributed by atoms with Crippen LogP contribution in [0.4, 0.5) is 5.69 Å². The van der Waals surface area contributed by atoms with E-state index in [2.05, 4.69) is 72.4 Å². The number of nitrogens with zero attached hydrogens (tertiary/aromatic N) is 2. The Hall–Kier alpha value is -1.84. The van der Waals surface area contributed by atoms with Gasteiger partial charge >= 0.3 is 0 Å². The third kappa shape index (κ3) is 2.19. The molecule has 1 heterocycles. The molecule has 1 aliphatic carbocycles. The quantitative estimate of drug-likeness (QED) is 0.941. The van der Waals surface area contributed by atoms with Gasteiger partial charge in [-0.3, -0.25) is 4.90 Å². The molecular formula is C20H25N3. The standard InChI is InChI=1S/C20H25N3/c1-22(2)18-10-6-9-16-17(18)14-23(19(16)13-21)20(11-12-20)15-7-4-3-5-8-15/h3-10,19H,11-14,21H2,1-2H3. The van der Waals surface area contributed by atoms with E-state index in [1.807, 2.05) is 0 Å². The molecule has 2 N–H and O–H groups in total. The Morgan fingerprint density at radius 1 is 1.09 bits per heavy atom. The minimum absolute atomic E-state index is 0.188. The lowest BCUT2D eigenvalue weighted by Gasteiger charge is -2.33. The highest BCUT2D eigenvalue weighted by Gasteiger charge is 2.53. The van der Waals surface area contributed by atoms with Crippen LogP contribution in [0.1, 0.15) is 35.6 Å². The smallest absolute Gasteiger partial charge is 0.0486 e. The van der Waals surface area contributed by atoms with Crippen LogP contribution < -0.4 is 10.6 Å². The number of anilines is 1. The zero-order valence-corrected chi connectivity index (χ0v) is 14.0. The summed E-state index contributed by atoms with van der Waals surface area (Å²) in [4.78, 5) is 4.87. The molecule has 1 atom stereocenters. The number of hydrogen-bond acceptors (Lipinski definition) is 3. The van der Waals surface area contributed by atoms with Crippen LogP contribution in [-0.4, -0.2) is 25.5 Å². The number of nitrogens with two attached hydrogens (primary N) is 1. The molecule has 2 aromatic carbocycles. The van der Waals surface area contributed by atoms with Gasteiger partial charge in [-0.15, -0.1) is 0 Å². The summed E-state index contributed by atoms with van der Waals surface area (Å²) >= 11 is 0. The van der Waals surface area contributed by atoms with E-state index in [-0.39, 0.29) is 5.54 Å². The second kappa shape index (κ2) is 5.36. The number of benzene rings is 2. The van der Waals surface area contributed by atoms with Crippen molar-refractivity contribution in [3.05, 3.63) is 65.2 Å². The lowest BCUT2D eigenvalue weighted by Crippen LogP contribution is -2.37. The molecule has 120 valence electrons. The van der Waals surface area contributed by atoms with Crippen LogP contribution in [0.25, 0.3) is 0 Å². The first kappa shape index (κ1) is 14.7. The van der Waals surface area contributed by atoms with Crippen molar-refractivity contribution in [1.82, 2.24) is 4.90 Å². The Morgan fingerprint density at radius 3 is 2.43 bits per heavy atom. The van der Waals surface area contributed by atoms with Crippen molar-refractivity contribution >= 4 is 5.69 Å². The van der Waals surface area contributed by atoms with Crippen LogP contribution in [0, 0.1) is 0 Å². The molecule has 0 radical (unpaired) electrons. The van der Waals surface area contributed by atoms with Crippen molar-refractivity contribution in [1.29, 1.82) is 0 Å². The van der Waals surface area contributed by atoms with E-state index in [4.69, 9.17) is 5.73 Å². The fourth-order valence-corrected chi connectivity index (χ4v) is 4.26. The lowest BCUT2D eigenvalue weighted by atomic mass is 10.00. The fraction of sp³-hybridized carbons (Fsp3) is 0.400. The van der Waals surface area contributed by atoms with Crippen LogP contribution in [0.3, 0.4) is 0 Å². The maximum absolute atomic E-state index is 6.21. The molecule has 2 aromatic rings. The SMILES string of the molecule is CN(C)c1cccc2c1CN(C1(c3ccccc3)CC1)C2CN. The lowest BCUT2D eigenvalue weighted by molar-refractivity contribution is 0.129. The predicted molar refractivity (Wildman–Crippen MR) is 95.5 cm³/mol. The van der Waals surface area contributed by atoms with E-state index < -0.39 is 0 Å². The Balaban J connectivity index is 1.76. The topological polar surface area (TPSA) is 32.5 Å². The van der Waals surface area contributed by atoms with E-state index in [0.717, 1.165) is 6.54 Å². The Labute approximate surface area is 138 Å². The second-order valence-corrected chi connectivity index (χ2v) is 7.02. The van der Waals surface area contributed by atoms with Crippen molar-refractivity contribution < 1.29 is 0 Å². The average Bonchev–Trinajstić information content (AvgIpc) is 3.30. The molecule has 0 spiro atoms. The van der Waals surface area contributed by atoms with Crippen molar-refractivity contribution in [3.8, 4) is 0 Å². The third-order valence-electron chi connectivity index (χ3n) is 5.54. The Bertz CT molecular complexity index is 704. The molecule has 3 nitrogen and oxygen atoms in total. The fourth-order valence-electron chi connectivity index (χ4n) is 4.26. The molecular weight excluding hydrogens is 282 g/mol. The Morgan fingerprint density at radius 2 is 1.83 bits per heavy atom. The van der Waals surface area contributed by atoms with Gasteiger partial charge in [-0.05, 0) is 35.6 Å². The van der Waals surface area contributed by atoms with Crippen molar-refractivity contribution in [2.24, 2.45) is 5.73 Å². The molecule has 1 saturated carbocycles. The Kier molecular flexibility index (Phi) is 3.43. The molecule has 1 fully saturated rings. The minimum atomic E-state index is 0.188. The van der Waals surface area contributed by atoms with Crippen LogP contribution in [-0.2, 0) is 12.1 Å². The molecule has 2 aliphatic rings. The van der Waals surface area contributed by atoms with E-state index in [0.29, 0.717) is 12.6 Å². The first-order valence-corrected chi connectivity index (χ1v) is 8.49. The number of fused-ring (bicyclic) bond motifs is 1. The molecule has 0 aromatic heterocycles. The van der Waals surface area contributed by atoms with Crippen molar-refractivity contribution in [3.63, 3.8) is 0 Å². The first-order valence-electron chi connectivity index (χ1n) is 8.49. The maximum Gasteiger partial charge on any atom is 0.0486 e. The summed E-state index contributed by atoms with van der Waals surface area (Å²) in [6, 6.07) is 17.9. The molecule has 4 rings (SSSR count). The van der Waals surface area contributed by atoms with Gasteiger partial charge in [-0.1, -0.05) is 42.5 Å². The molecule has 23 heavy (non-hydrogen) atoms. The van der Waals surface area contributed by atoms with Crippen LogP contribution in [0.15, 0.2) is 48.5 Å². The summed E-state index contributed by atoms with van der Waals surface area (Å²) in [5.41, 5.74) is 12.0. The van der Waals surface area contributed by atoms with Gasteiger partial charge in [0.2, 0.25) is 0 Å². The highest BCUT2D eigenvalue weighted by Crippen LogP contribution is 2.57. The van der Waals surface area contributed by atoms with Crippen molar-refractivity contribution in [2.75, 3.05) is 25.5 Å². The molecule has 0 amide bonds. The monoisotopic (exact) mass is 307 g/mol. The zero-order valence-electron chi connectivity index (χ0n) is 14.0. The summed E-state index contributed by atoms with van der Waals surface area (Å²) in [5, 5.41) is 0. The van der Waals surface area contributed by atoms with Gasteiger partial charge in [-0.2, -0.15) is 0 Å². The second-order valence-electron chi connectivity index (χ2n) is 7.02. The van der Waals surface area contributed by atoms with Gasteiger partial charge in [0.1, 0.15) is 0 Å². The average molecular weight is 307 g/mol. The van der Waals surface area contributed by atoms with Gasteiger partial charge in [0, 0.05) is 44.5 Å². The van der Waals surface area contributed by atoms with E-state index in [1.165, 1.54) is 35.2 Å². The molecule has 1 aliphatic heterocycles. The number of rotatable bonds is 4. The van der Waals surface area contributed by atoms with E-state index >= 15 is 0 Å². The minimum Gasteiger partial charge on any atom is -0.377 e. The highest BCUT2D eigenvalue weighted by molar-refractivity contribution is 5.59. The van der Waals surface area contributed by atoms with Crippen LogP contribution >= 0.6 is 0 Å². The van der Waals surface area contributed by atoms with Gasteiger partial charge in [0.15, 0.2) is 0 Å².